The van der Waals surface area contributed by atoms with Crippen molar-refractivity contribution >= 4 is 5.91 Å². The van der Waals surface area contributed by atoms with Gasteiger partial charge in [0, 0.05) is 6.42 Å². The first kappa shape index (κ1) is 77.0. The predicted molar refractivity (Wildman–Crippen MR) is 328 cm³/mol. The minimum atomic E-state index is -1.98. The molecule has 3 fully saturated rings. The van der Waals surface area contributed by atoms with E-state index in [-0.39, 0.29) is 18.9 Å². The van der Waals surface area contributed by atoms with Crippen LogP contribution in [0.4, 0.5) is 0 Å². The Labute approximate surface area is 510 Å². The summed E-state index contributed by atoms with van der Waals surface area (Å²) in [5.41, 5.74) is 0. The molecule has 3 aliphatic heterocycles. The van der Waals surface area contributed by atoms with Crippen molar-refractivity contribution in [1.29, 1.82) is 0 Å². The molecule has 19 heteroatoms. The second-order valence-electron chi connectivity index (χ2n) is 23.9. The van der Waals surface area contributed by atoms with Gasteiger partial charge < -0.3 is 89.9 Å². The molecule has 1 amide bonds. The monoisotopic (exact) mass is 1210 g/mol. The van der Waals surface area contributed by atoms with Crippen molar-refractivity contribution in [1.82, 2.24) is 5.32 Å². The molecule has 0 saturated carbocycles. The van der Waals surface area contributed by atoms with E-state index in [1.165, 1.54) is 154 Å². The van der Waals surface area contributed by atoms with E-state index in [0.29, 0.717) is 12.8 Å². The van der Waals surface area contributed by atoms with Crippen LogP contribution in [-0.2, 0) is 33.2 Å². The van der Waals surface area contributed by atoms with Crippen LogP contribution < -0.4 is 5.32 Å². The van der Waals surface area contributed by atoms with Gasteiger partial charge in [0.25, 0.3) is 0 Å². The molecule has 3 saturated heterocycles. The molecular weight excluding hydrogens is 1090 g/mol. The van der Waals surface area contributed by atoms with Crippen LogP contribution in [0.15, 0.2) is 48.6 Å². The summed E-state index contributed by atoms with van der Waals surface area (Å²) >= 11 is 0. The van der Waals surface area contributed by atoms with E-state index in [1.807, 2.05) is 6.08 Å². The summed E-state index contributed by atoms with van der Waals surface area (Å²) < 4.78 is 34.3. The highest BCUT2D eigenvalue weighted by Crippen LogP contribution is 2.33. The minimum absolute atomic E-state index is 0.232. The number of carbonyl (C=O) groups is 1. The van der Waals surface area contributed by atoms with E-state index in [4.69, 9.17) is 28.4 Å². The van der Waals surface area contributed by atoms with Gasteiger partial charge in [0.2, 0.25) is 5.91 Å². The van der Waals surface area contributed by atoms with Crippen molar-refractivity contribution in [3.05, 3.63) is 48.6 Å². The Morgan fingerprint density at radius 1 is 0.412 bits per heavy atom. The summed E-state index contributed by atoms with van der Waals surface area (Å²) in [6, 6.07) is -0.996. The third-order valence-electron chi connectivity index (χ3n) is 16.6. The molecule has 0 aliphatic carbocycles. The molecule has 0 spiro atoms. The first-order valence-corrected chi connectivity index (χ1v) is 33.4. The van der Waals surface area contributed by atoms with Crippen LogP contribution in [-0.4, -0.2) is 193 Å². The summed E-state index contributed by atoms with van der Waals surface area (Å²) in [7, 11) is 0. The van der Waals surface area contributed by atoms with Gasteiger partial charge in [0.05, 0.1) is 38.6 Å². The van der Waals surface area contributed by atoms with Crippen LogP contribution >= 0.6 is 0 Å². The molecule has 496 valence electrons. The second-order valence-corrected chi connectivity index (χ2v) is 23.9. The number of aliphatic hydroxyl groups excluding tert-OH is 11. The molecule has 17 unspecified atom stereocenters. The van der Waals surface area contributed by atoms with E-state index in [1.54, 1.807) is 6.08 Å². The van der Waals surface area contributed by atoms with Crippen molar-refractivity contribution in [3.63, 3.8) is 0 Å². The first-order chi connectivity index (χ1) is 41.3. The second kappa shape index (κ2) is 48.6. The number of amides is 1. The molecule has 0 aromatic carbocycles. The van der Waals surface area contributed by atoms with E-state index in [0.717, 1.165) is 44.9 Å². The third-order valence-corrected chi connectivity index (χ3v) is 16.6. The molecule has 0 aromatic heterocycles. The fourth-order valence-electron chi connectivity index (χ4n) is 11.1. The number of hydrogen-bond acceptors (Lipinski definition) is 18. The number of ether oxygens (including phenoxy) is 6. The van der Waals surface area contributed by atoms with Crippen LogP contribution in [0.25, 0.3) is 0 Å². The molecule has 3 aliphatic rings. The summed E-state index contributed by atoms with van der Waals surface area (Å²) in [4.78, 5) is 13.4. The lowest BCUT2D eigenvalue weighted by atomic mass is 9.96. The van der Waals surface area contributed by atoms with Crippen molar-refractivity contribution in [3.8, 4) is 0 Å². The summed E-state index contributed by atoms with van der Waals surface area (Å²) in [6.07, 6.45) is 29.5. The third kappa shape index (κ3) is 31.4. The molecule has 0 bridgehead atoms. The molecule has 17 atom stereocenters. The normalized spacial score (nSPS) is 29.3. The van der Waals surface area contributed by atoms with E-state index < -0.39 is 124 Å². The Balaban J connectivity index is 1.45. The molecule has 12 N–H and O–H groups in total. The number of nitrogens with one attached hydrogen (secondary N) is 1. The van der Waals surface area contributed by atoms with Crippen LogP contribution in [0.1, 0.15) is 232 Å². The number of rotatable bonds is 50. The Morgan fingerprint density at radius 2 is 0.753 bits per heavy atom. The maximum absolute atomic E-state index is 13.4. The zero-order valence-electron chi connectivity index (χ0n) is 52.1. The Morgan fingerprint density at radius 3 is 1.18 bits per heavy atom. The predicted octanol–water partition coefficient (Wildman–Crippen LogP) is 7.83. The lowest BCUT2D eigenvalue weighted by Crippen LogP contribution is -2.66. The first-order valence-electron chi connectivity index (χ1n) is 33.4. The van der Waals surface area contributed by atoms with Crippen molar-refractivity contribution in [2.24, 2.45) is 0 Å². The van der Waals surface area contributed by atoms with Crippen LogP contribution in [0.3, 0.4) is 0 Å². The van der Waals surface area contributed by atoms with Crippen molar-refractivity contribution in [2.75, 3.05) is 26.4 Å². The smallest absolute Gasteiger partial charge is 0.220 e. The van der Waals surface area contributed by atoms with E-state index >= 15 is 0 Å². The van der Waals surface area contributed by atoms with Crippen molar-refractivity contribution in [2.45, 2.75) is 336 Å². The van der Waals surface area contributed by atoms with Crippen LogP contribution in [0.2, 0.25) is 0 Å². The zero-order chi connectivity index (χ0) is 61.9. The maximum Gasteiger partial charge on any atom is 0.220 e. The largest absolute Gasteiger partial charge is 0.394 e. The summed E-state index contributed by atoms with van der Waals surface area (Å²) in [5, 5.41) is 120. The van der Waals surface area contributed by atoms with Gasteiger partial charge in [-0.1, -0.05) is 204 Å². The Kier molecular flexibility index (Phi) is 44.0. The molecule has 0 radical (unpaired) electrons. The highest BCUT2D eigenvalue weighted by Gasteiger charge is 2.53. The average molecular weight is 1210 g/mol. The fourth-order valence-corrected chi connectivity index (χ4v) is 11.1. The number of aliphatic hydroxyl groups is 11. The topological polar surface area (TPSA) is 307 Å². The summed E-state index contributed by atoms with van der Waals surface area (Å²) in [5.74, 6) is -0.290. The quantitative estimate of drug-likeness (QED) is 0.0204. The van der Waals surface area contributed by atoms with E-state index in [2.05, 4.69) is 55.6 Å². The number of unbranched alkanes of at least 4 members (excludes halogenated alkanes) is 28. The average Bonchev–Trinajstić information content (AvgIpc) is 3.08. The Bertz CT molecular complexity index is 1740. The standard InChI is InChI=1S/C66H119NO18/c1-3-5-7-9-11-13-15-17-19-20-21-22-23-24-25-26-27-28-30-32-34-36-38-40-42-44-54(72)67-49(50(71)43-41-39-37-35-33-31-29-18-16-14-12-10-8-6-4-2)48-80-64-60(78)57(75)62(52(46-69)82-64)85-66-61(79)58(76)63(53(47-70)83-66)84-65-59(77)56(74)55(73)51(45-68)81-65/h16,18,20-21,33,35,41,43,49-53,55-66,68-71,73-79H,3-15,17,19,22-32,34,36-40,42,44-48H2,1-2H3,(H,67,72)/b18-16+,21-20-,35-33+,43-41+. The van der Waals surface area contributed by atoms with Gasteiger partial charge in [-0.3, -0.25) is 4.79 Å². The molecule has 3 heterocycles. The summed E-state index contributed by atoms with van der Waals surface area (Å²) in [6.45, 7) is 1.69. The highest BCUT2D eigenvalue weighted by atomic mass is 16.8. The van der Waals surface area contributed by atoms with Crippen molar-refractivity contribution < 1.29 is 89.4 Å². The van der Waals surface area contributed by atoms with E-state index in [9.17, 15) is 61.0 Å². The van der Waals surface area contributed by atoms with Crippen LogP contribution in [0.5, 0.6) is 0 Å². The van der Waals surface area contributed by atoms with Gasteiger partial charge in [0.15, 0.2) is 18.9 Å². The van der Waals surface area contributed by atoms with Gasteiger partial charge in [0.1, 0.15) is 73.2 Å². The number of carbonyl (C=O) groups excluding carboxylic acids is 1. The van der Waals surface area contributed by atoms with Crippen LogP contribution in [0, 0.1) is 0 Å². The van der Waals surface area contributed by atoms with Gasteiger partial charge in [-0.05, 0) is 70.6 Å². The Hall–Kier alpha value is -2.25. The fraction of sp³-hybridized carbons (Fsp3) is 0.864. The maximum atomic E-state index is 13.4. The number of allylic oxidation sites excluding steroid dienone is 7. The molecule has 0 aromatic rings. The highest BCUT2D eigenvalue weighted by molar-refractivity contribution is 5.76. The minimum Gasteiger partial charge on any atom is -0.394 e. The van der Waals surface area contributed by atoms with Gasteiger partial charge in [-0.15, -0.1) is 0 Å². The molecule has 19 nitrogen and oxygen atoms in total. The SMILES string of the molecule is CCCCCCC/C=C/CC/C=C/CC/C=C/C(O)C(COC1OC(CO)C(OC2OC(CO)C(OC3OC(CO)C(O)C(O)C3O)C(O)C2O)C(O)C1O)NC(=O)CCCCCCCCCCCCCCC/C=C\CCCCCCCCCC. The number of hydrogen-bond donors (Lipinski definition) is 12. The lowest BCUT2D eigenvalue weighted by molar-refractivity contribution is -0.379. The molecule has 3 rings (SSSR count). The van der Waals surface area contributed by atoms with Gasteiger partial charge in [-0.25, -0.2) is 0 Å². The van der Waals surface area contributed by atoms with Gasteiger partial charge >= 0.3 is 0 Å². The zero-order valence-corrected chi connectivity index (χ0v) is 52.1. The molecular formula is C66H119NO18. The lowest BCUT2D eigenvalue weighted by Gasteiger charge is -2.48. The van der Waals surface area contributed by atoms with Gasteiger partial charge in [-0.2, -0.15) is 0 Å². The molecule has 85 heavy (non-hydrogen) atoms.